The van der Waals surface area contributed by atoms with Crippen molar-refractivity contribution in [2.24, 2.45) is 10.9 Å². The lowest BCUT2D eigenvalue weighted by Crippen LogP contribution is -2.33. The van der Waals surface area contributed by atoms with E-state index < -0.39 is 5.41 Å². The van der Waals surface area contributed by atoms with E-state index in [9.17, 15) is 5.26 Å². The number of fused-ring (bicyclic) bond motifs is 9. The molecule has 0 fully saturated rings. The summed E-state index contributed by atoms with van der Waals surface area (Å²) in [4.78, 5) is 5.66. The van der Waals surface area contributed by atoms with Crippen molar-refractivity contribution in [1.82, 2.24) is 5.32 Å². The van der Waals surface area contributed by atoms with E-state index in [1.165, 1.54) is 0 Å². The third kappa shape index (κ3) is 4.43. The molecule has 4 heteroatoms. The summed E-state index contributed by atoms with van der Waals surface area (Å²) in [6.45, 7) is 0. The molecule has 0 saturated heterocycles. The second kappa shape index (κ2) is 12.0. The fourth-order valence-electron chi connectivity index (χ4n) is 8.77. The zero-order valence-electron chi connectivity index (χ0n) is 28.3. The Balaban J connectivity index is 1.32. The molecule has 52 heavy (non-hydrogen) atoms. The van der Waals surface area contributed by atoms with E-state index in [0.717, 1.165) is 85.0 Å². The Hall–Kier alpha value is -6.70. The minimum Gasteiger partial charge on any atom is -0.457 e. The number of hydrogen-bond donors (Lipinski definition) is 1. The maximum atomic E-state index is 10.3. The summed E-state index contributed by atoms with van der Waals surface area (Å²) in [5, 5.41) is 14.2. The third-order valence-electron chi connectivity index (χ3n) is 10.9. The second-order valence-corrected chi connectivity index (χ2v) is 13.7. The number of hydrogen-bond acceptors (Lipinski definition) is 4. The van der Waals surface area contributed by atoms with Crippen molar-refractivity contribution in [3.05, 3.63) is 220 Å². The second-order valence-electron chi connectivity index (χ2n) is 13.7. The summed E-state index contributed by atoms with van der Waals surface area (Å²) < 4.78 is 6.60. The summed E-state index contributed by atoms with van der Waals surface area (Å²) >= 11 is 0. The van der Waals surface area contributed by atoms with Gasteiger partial charge < -0.3 is 10.1 Å². The number of ether oxygens (including phenoxy) is 1. The van der Waals surface area contributed by atoms with Crippen LogP contribution >= 0.6 is 0 Å². The highest BCUT2D eigenvalue weighted by molar-refractivity contribution is 6.35. The smallest absolute Gasteiger partial charge is 0.145 e. The Morgan fingerprint density at radius 1 is 0.673 bits per heavy atom. The molecule has 4 nitrogen and oxygen atoms in total. The van der Waals surface area contributed by atoms with E-state index >= 15 is 0 Å². The Morgan fingerprint density at radius 2 is 1.37 bits per heavy atom. The summed E-state index contributed by atoms with van der Waals surface area (Å²) in [5.74, 6) is 1.79. The predicted octanol–water partition coefficient (Wildman–Crippen LogP) is 10.7. The maximum Gasteiger partial charge on any atom is 0.145 e. The molecule has 0 saturated carbocycles. The summed E-state index contributed by atoms with van der Waals surface area (Å²) in [5.41, 5.74) is 13.0. The van der Waals surface area contributed by atoms with Crippen molar-refractivity contribution in [1.29, 1.82) is 5.26 Å². The molecule has 2 heterocycles. The molecule has 1 spiro atoms. The first kappa shape index (κ1) is 30.2. The number of aliphatic imine (C=N–C) groups is 1. The Labute approximate surface area is 303 Å². The van der Waals surface area contributed by atoms with Crippen LogP contribution in [-0.2, 0) is 5.41 Å². The molecule has 10 rings (SSSR count). The molecule has 4 aliphatic rings. The monoisotopic (exact) mass is 667 g/mol. The number of benzene rings is 6. The highest BCUT2D eigenvalue weighted by Crippen LogP contribution is 2.63. The van der Waals surface area contributed by atoms with Gasteiger partial charge in [-0.15, -0.1) is 0 Å². The Kier molecular flexibility index (Phi) is 6.94. The van der Waals surface area contributed by atoms with Gasteiger partial charge in [-0.3, -0.25) is 4.99 Å². The zero-order chi connectivity index (χ0) is 34.6. The van der Waals surface area contributed by atoms with Gasteiger partial charge in [0.15, 0.2) is 0 Å². The number of rotatable bonds is 4. The van der Waals surface area contributed by atoms with Gasteiger partial charge in [0.05, 0.1) is 22.8 Å². The van der Waals surface area contributed by atoms with Crippen molar-refractivity contribution in [2.75, 3.05) is 0 Å². The normalized spacial score (nSPS) is 18.6. The van der Waals surface area contributed by atoms with Crippen LogP contribution in [0.15, 0.2) is 181 Å². The van der Waals surface area contributed by atoms with Crippen molar-refractivity contribution in [2.45, 2.75) is 18.0 Å². The fraction of sp³-hybridized carbons (Fsp3) is 0.0833. The topological polar surface area (TPSA) is 57.4 Å². The first-order chi connectivity index (χ1) is 25.8. The van der Waals surface area contributed by atoms with Crippen molar-refractivity contribution in [3.63, 3.8) is 0 Å². The average molecular weight is 668 g/mol. The largest absolute Gasteiger partial charge is 0.457 e. The quantitative estimate of drug-likeness (QED) is 0.203. The van der Waals surface area contributed by atoms with Gasteiger partial charge in [-0.2, -0.15) is 5.26 Å². The molecular formula is C48H33N3O. The number of para-hydroxylation sites is 2. The van der Waals surface area contributed by atoms with Crippen molar-refractivity contribution in [3.8, 4) is 28.7 Å². The zero-order valence-corrected chi connectivity index (χ0v) is 28.3. The number of nitrogens with zero attached hydrogens (tertiary/aromatic N) is 2. The molecular weight excluding hydrogens is 635 g/mol. The van der Waals surface area contributed by atoms with E-state index in [-0.39, 0.29) is 12.1 Å². The van der Waals surface area contributed by atoms with Gasteiger partial charge >= 0.3 is 0 Å². The van der Waals surface area contributed by atoms with E-state index in [2.05, 4.69) is 163 Å². The van der Waals surface area contributed by atoms with Gasteiger partial charge in [-0.25, -0.2) is 0 Å². The molecule has 0 amide bonds. The van der Waals surface area contributed by atoms with Crippen LogP contribution in [0, 0.1) is 17.2 Å². The molecule has 6 aromatic carbocycles. The first-order valence-corrected chi connectivity index (χ1v) is 17.8. The maximum absolute atomic E-state index is 10.3. The average Bonchev–Trinajstić information content (AvgIpc) is 3.51. The number of nitrogens with one attached hydrogen (secondary N) is 1. The molecule has 6 aromatic rings. The lowest BCUT2D eigenvalue weighted by molar-refractivity contribution is 0.436. The summed E-state index contributed by atoms with van der Waals surface area (Å²) in [7, 11) is 0. The summed E-state index contributed by atoms with van der Waals surface area (Å²) in [6.07, 6.45) is 9.45. The molecule has 2 atom stereocenters. The summed E-state index contributed by atoms with van der Waals surface area (Å²) in [6, 6.07) is 53.2. The van der Waals surface area contributed by atoms with Crippen LogP contribution in [0.2, 0.25) is 0 Å². The van der Waals surface area contributed by atoms with E-state index in [0.29, 0.717) is 5.56 Å². The lowest BCUT2D eigenvalue weighted by atomic mass is 9.66. The fourth-order valence-corrected chi connectivity index (χ4v) is 8.77. The van der Waals surface area contributed by atoms with Crippen LogP contribution in [-0.4, -0.2) is 5.71 Å². The highest BCUT2D eigenvalue weighted by Gasteiger charge is 2.52. The van der Waals surface area contributed by atoms with Gasteiger partial charge in [-0.05, 0) is 64.1 Å². The molecule has 2 aliphatic carbocycles. The molecule has 2 unspecified atom stereocenters. The molecule has 0 bridgehead atoms. The molecule has 2 aliphatic heterocycles. The van der Waals surface area contributed by atoms with E-state index in [1.54, 1.807) is 0 Å². The van der Waals surface area contributed by atoms with Crippen LogP contribution < -0.4 is 10.1 Å². The van der Waals surface area contributed by atoms with Crippen LogP contribution in [0.3, 0.4) is 0 Å². The Morgan fingerprint density at radius 3 is 2.08 bits per heavy atom. The Bertz CT molecular complexity index is 2530. The van der Waals surface area contributed by atoms with Gasteiger partial charge in [-0.1, -0.05) is 146 Å². The van der Waals surface area contributed by atoms with Crippen molar-refractivity contribution >= 4 is 11.3 Å². The van der Waals surface area contributed by atoms with Crippen LogP contribution in [0.25, 0.3) is 16.7 Å². The highest BCUT2D eigenvalue weighted by atomic mass is 16.5. The van der Waals surface area contributed by atoms with Gasteiger partial charge in [0.1, 0.15) is 17.7 Å². The van der Waals surface area contributed by atoms with E-state index in [1.807, 2.05) is 18.2 Å². The molecule has 0 radical (unpaired) electrons. The minimum absolute atomic E-state index is 0.153. The minimum atomic E-state index is -0.707. The molecule has 1 N–H and O–H groups in total. The van der Waals surface area contributed by atoms with Crippen LogP contribution in [0.1, 0.15) is 57.1 Å². The number of nitriles is 1. The molecule has 246 valence electrons. The van der Waals surface area contributed by atoms with Gasteiger partial charge in [0.25, 0.3) is 0 Å². The van der Waals surface area contributed by atoms with Crippen molar-refractivity contribution < 1.29 is 4.74 Å². The van der Waals surface area contributed by atoms with Crippen LogP contribution in [0.5, 0.6) is 11.5 Å². The van der Waals surface area contributed by atoms with Gasteiger partial charge in [0, 0.05) is 33.9 Å². The predicted molar refractivity (Wildman–Crippen MR) is 207 cm³/mol. The van der Waals surface area contributed by atoms with E-state index in [4.69, 9.17) is 9.73 Å². The first-order valence-electron chi connectivity index (χ1n) is 17.8. The van der Waals surface area contributed by atoms with Crippen LogP contribution in [0.4, 0.5) is 0 Å². The lowest BCUT2D eigenvalue weighted by Gasteiger charge is -2.39. The SMILES string of the molecule is N#Cc1ccc2c(c1)C1(c3ccccc3Oc3ccccc31)c1cccc(C3=NC(c4ccccc4)NC(C4C=CC=CC4)=C3c3ccccc3)c1-2. The third-order valence-corrected chi connectivity index (χ3v) is 10.9. The standard InChI is InChI=1S/C48H33N3O/c49-30-31-27-28-35-40(29-31)48(37-22-10-12-25-41(37)52-42-26-13-11-23-38(42)48)39-24-14-21-36(44(35)39)46-43(32-15-4-1-5-16-32)45(33-17-6-2-7-18-33)50-47(51-46)34-19-8-3-9-20-34/h1-17,19-29,33,47,50H,18H2. The molecule has 0 aromatic heterocycles. The van der Waals surface area contributed by atoms with Gasteiger partial charge in [0.2, 0.25) is 0 Å². The number of allylic oxidation sites excluding steroid dienone is 5.